The Labute approximate surface area is 337 Å². The molecule has 2 saturated heterocycles. The fourth-order valence-electron chi connectivity index (χ4n) is 7.49. The van der Waals surface area contributed by atoms with Gasteiger partial charge in [0.15, 0.2) is 11.8 Å². The summed E-state index contributed by atoms with van der Waals surface area (Å²) in [5.74, 6) is -6.58. The maximum atomic E-state index is 13.4. The third-order valence-electron chi connectivity index (χ3n) is 10.4. The molecule has 7 rings (SSSR count). The summed E-state index contributed by atoms with van der Waals surface area (Å²) in [6.07, 6.45) is -14.2. The number of nitrogens with zero attached hydrogens (tertiary/aromatic N) is 5. The van der Waals surface area contributed by atoms with Crippen molar-refractivity contribution in [1.29, 1.82) is 0 Å². The van der Waals surface area contributed by atoms with Crippen molar-refractivity contribution in [3.05, 3.63) is 94.3 Å². The molecule has 2 fully saturated rings. The third kappa shape index (κ3) is 7.85. The molecule has 4 heterocycles. The van der Waals surface area contributed by atoms with Crippen LogP contribution in [0.3, 0.4) is 0 Å². The van der Waals surface area contributed by atoms with Gasteiger partial charge < -0.3 is 66.3 Å². The number of aliphatic hydroxyl groups excluding tert-OH is 6. The molecule has 322 valence electrons. The first-order valence-electron chi connectivity index (χ1n) is 18.1. The van der Waals surface area contributed by atoms with Gasteiger partial charge in [-0.15, -0.1) is 5.10 Å². The minimum atomic E-state index is -5.65. The minimum Gasteiger partial charge on any atom is -0.477 e. The zero-order chi connectivity index (χ0) is 43.3. The van der Waals surface area contributed by atoms with Crippen LogP contribution < -0.4 is 16.7 Å². The van der Waals surface area contributed by atoms with E-state index in [0.717, 1.165) is 26.6 Å². The van der Waals surface area contributed by atoms with Gasteiger partial charge in [-0.2, -0.15) is 4.98 Å². The fraction of sp³-hybridized carbons (Fsp3) is 0.429. The van der Waals surface area contributed by atoms with E-state index in [0.29, 0.717) is 11.1 Å². The van der Waals surface area contributed by atoms with E-state index in [-0.39, 0.29) is 11.5 Å². The molecule has 11 atom stereocenters. The van der Waals surface area contributed by atoms with E-state index in [9.17, 15) is 64.7 Å². The molecule has 60 heavy (non-hydrogen) atoms. The van der Waals surface area contributed by atoms with Crippen molar-refractivity contribution in [2.75, 3.05) is 18.9 Å². The summed E-state index contributed by atoms with van der Waals surface area (Å²) in [5, 5.41) is 95.8. The first-order valence-corrected chi connectivity index (χ1v) is 19.6. The van der Waals surface area contributed by atoms with Gasteiger partial charge in [0.1, 0.15) is 54.7 Å². The SMILES string of the molecule is Nc1ccn([C@@H]2O[C@H](COP(=O)(O)O[C@@]3(C(=O)O)C[C@H](O)[C@@H](NC(=O)Cn4cc(C5(O)c6ccccc6-c6ccccc65)nn4)[C@H]([C@H](O)[C@H](O)CO)O3)[C@@H](O)[C@H]2O)c(=O)n1. The number of rotatable bonds is 14. The highest BCUT2D eigenvalue weighted by Gasteiger charge is 2.59. The Kier molecular flexibility index (Phi) is 11.8. The van der Waals surface area contributed by atoms with E-state index in [2.05, 4.69) is 20.6 Å². The molecule has 1 aliphatic carbocycles. The molecule has 2 aromatic carbocycles. The number of hydrogen-bond donors (Lipinski definition) is 11. The number of aliphatic carboxylic acids is 1. The van der Waals surface area contributed by atoms with Crippen LogP contribution in [0.1, 0.15) is 29.5 Å². The van der Waals surface area contributed by atoms with Gasteiger partial charge in [0, 0.05) is 23.7 Å². The Hall–Kier alpha value is -5.05. The Morgan fingerprint density at radius 2 is 1.70 bits per heavy atom. The van der Waals surface area contributed by atoms with Gasteiger partial charge in [-0.3, -0.25) is 13.9 Å². The number of anilines is 1. The Balaban J connectivity index is 1.06. The van der Waals surface area contributed by atoms with Crippen LogP contribution in [-0.2, 0) is 44.8 Å². The van der Waals surface area contributed by atoms with Crippen LogP contribution in [-0.4, -0.2) is 150 Å². The predicted molar refractivity (Wildman–Crippen MR) is 197 cm³/mol. The van der Waals surface area contributed by atoms with E-state index in [1.54, 1.807) is 24.3 Å². The van der Waals surface area contributed by atoms with Crippen LogP contribution in [0.15, 0.2) is 71.8 Å². The largest absolute Gasteiger partial charge is 0.477 e. The number of carboxylic acid groups (broad SMARTS) is 1. The number of nitrogens with two attached hydrogens (primary N) is 1. The van der Waals surface area contributed by atoms with Gasteiger partial charge in [-0.05, 0) is 17.2 Å². The number of hydrogen-bond acceptors (Lipinski definition) is 19. The molecular formula is C35H40N7O17P. The molecule has 1 amide bonds. The molecule has 24 nitrogen and oxygen atoms in total. The smallest absolute Gasteiger partial charge is 0.475 e. The standard InChI is InChI=1S/C35H40N7O17P/c36-24-9-10-42(33(52)37-24)31-29(49)28(48)22(57-31)15-56-60(54,55)59-34(32(50)51)11-20(44)26(30(58-34)27(47)21(45)14-43)38-25(46)13-41-12-23(39-40-41)35(53)18-7-3-1-5-16(18)17-6-2-4-8-19(17)35/h1-10,12,20-22,26-31,43-45,47-49,53H,11,13-15H2,(H,38,46)(H,50,51)(H,54,55)(H2,36,37,52)/t20-,21+,22+,26+,27+,28+,29+,30+,31+,34+/m0/s1. The second-order valence-corrected chi connectivity index (χ2v) is 15.7. The monoisotopic (exact) mass is 861 g/mol. The molecular weight excluding hydrogens is 821 g/mol. The number of fused-ring (bicyclic) bond motifs is 3. The number of phosphoric ester groups is 1. The molecule has 0 bridgehead atoms. The van der Waals surface area contributed by atoms with E-state index >= 15 is 0 Å². The van der Waals surface area contributed by atoms with Crippen LogP contribution in [0.2, 0.25) is 0 Å². The minimum absolute atomic E-state index is 0.0618. The second kappa shape index (κ2) is 16.4. The molecule has 2 aliphatic heterocycles. The van der Waals surface area contributed by atoms with Gasteiger partial charge in [0.25, 0.3) is 5.79 Å². The van der Waals surface area contributed by atoms with Gasteiger partial charge >= 0.3 is 19.5 Å². The van der Waals surface area contributed by atoms with Crippen molar-refractivity contribution < 1.29 is 78.4 Å². The lowest BCUT2D eigenvalue weighted by Crippen LogP contribution is -2.68. The maximum Gasteiger partial charge on any atom is 0.475 e. The number of aromatic nitrogens is 5. The van der Waals surface area contributed by atoms with Crippen molar-refractivity contribution in [1.82, 2.24) is 29.9 Å². The summed E-state index contributed by atoms with van der Waals surface area (Å²) < 4.78 is 35.8. The molecule has 12 N–H and O–H groups in total. The molecule has 0 saturated carbocycles. The highest BCUT2D eigenvalue weighted by atomic mass is 31.2. The number of benzene rings is 2. The van der Waals surface area contributed by atoms with Crippen LogP contribution >= 0.6 is 7.82 Å². The molecule has 0 radical (unpaired) electrons. The zero-order valence-electron chi connectivity index (χ0n) is 30.9. The normalized spacial score (nSPS) is 28.9. The number of carbonyl (C=O) groups is 2. The molecule has 3 aliphatic rings. The summed E-state index contributed by atoms with van der Waals surface area (Å²) in [6.45, 7) is -2.83. The topological polar surface area (TPSA) is 374 Å². The van der Waals surface area contributed by atoms with Crippen LogP contribution in [0.5, 0.6) is 0 Å². The summed E-state index contributed by atoms with van der Waals surface area (Å²) in [4.78, 5) is 52.5. The van der Waals surface area contributed by atoms with Crippen molar-refractivity contribution in [3.8, 4) is 11.1 Å². The zero-order valence-corrected chi connectivity index (χ0v) is 31.8. The van der Waals surface area contributed by atoms with Crippen molar-refractivity contribution in [3.63, 3.8) is 0 Å². The lowest BCUT2D eigenvalue weighted by molar-refractivity contribution is -0.289. The van der Waals surface area contributed by atoms with E-state index in [1.165, 1.54) is 12.3 Å². The van der Waals surface area contributed by atoms with Crippen LogP contribution in [0.4, 0.5) is 5.82 Å². The summed E-state index contributed by atoms with van der Waals surface area (Å²) in [7, 11) is -5.65. The first kappa shape index (κ1) is 43.1. The van der Waals surface area contributed by atoms with E-state index in [4.69, 9.17) is 24.3 Å². The van der Waals surface area contributed by atoms with Crippen LogP contribution in [0, 0.1) is 0 Å². The number of nitrogen functional groups attached to an aromatic ring is 1. The Bertz CT molecular complexity index is 2320. The van der Waals surface area contributed by atoms with Gasteiger partial charge in [-0.25, -0.2) is 23.4 Å². The average molecular weight is 862 g/mol. The number of amides is 1. The van der Waals surface area contributed by atoms with Gasteiger partial charge in [-0.1, -0.05) is 53.7 Å². The second-order valence-electron chi connectivity index (χ2n) is 14.3. The quantitative estimate of drug-likeness (QED) is 0.0543. The highest BCUT2D eigenvalue weighted by molar-refractivity contribution is 7.47. The summed E-state index contributed by atoms with van der Waals surface area (Å²) >= 11 is 0. The predicted octanol–water partition coefficient (Wildman–Crippen LogP) is -3.74. The third-order valence-corrected chi connectivity index (χ3v) is 11.4. The van der Waals surface area contributed by atoms with E-state index in [1.807, 2.05) is 24.3 Å². The first-order chi connectivity index (χ1) is 28.4. The number of carboxylic acids is 1. The molecule has 4 aromatic rings. The van der Waals surface area contributed by atoms with Crippen molar-refractivity contribution in [2.24, 2.45) is 0 Å². The van der Waals surface area contributed by atoms with E-state index < -0.39 is 118 Å². The van der Waals surface area contributed by atoms with Crippen molar-refractivity contribution in [2.45, 2.75) is 79.4 Å². The molecule has 1 unspecified atom stereocenters. The summed E-state index contributed by atoms with van der Waals surface area (Å²) in [6, 6.07) is 13.6. The Morgan fingerprint density at radius 1 is 1.05 bits per heavy atom. The molecule has 2 aromatic heterocycles. The molecule has 25 heteroatoms. The van der Waals surface area contributed by atoms with Gasteiger partial charge in [0.2, 0.25) is 5.91 Å². The van der Waals surface area contributed by atoms with Gasteiger partial charge in [0.05, 0.1) is 31.6 Å². The number of phosphoric acid groups is 1. The average Bonchev–Trinajstić information content (AvgIpc) is 3.87. The fourth-order valence-corrected chi connectivity index (χ4v) is 8.45. The highest BCUT2D eigenvalue weighted by Crippen LogP contribution is 2.52. The number of ether oxygens (including phenoxy) is 2. The lowest BCUT2D eigenvalue weighted by Gasteiger charge is -2.46. The number of carbonyl (C=O) groups excluding carboxylic acids is 1. The summed E-state index contributed by atoms with van der Waals surface area (Å²) in [5.41, 5.74) is 5.38. The maximum absolute atomic E-state index is 13.4. The molecule has 0 spiro atoms. The lowest BCUT2D eigenvalue weighted by atomic mass is 9.88. The Morgan fingerprint density at radius 3 is 2.32 bits per heavy atom. The number of aliphatic hydroxyl groups is 7. The number of nitrogens with one attached hydrogen (secondary N) is 1. The van der Waals surface area contributed by atoms with Crippen LogP contribution in [0.25, 0.3) is 11.1 Å². The van der Waals surface area contributed by atoms with Crippen molar-refractivity contribution >= 4 is 25.5 Å².